The Hall–Kier alpha value is -1.20. The van der Waals surface area contributed by atoms with Crippen molar-refractivity contribution in [3.8, 4) is 0 Å². The minimum absolute atomic E-state index is 0.232. The summed E-state index contributed by atoms with van der Waals surface area (Å²) in [6.07, 6.45) is 1.17. The molecule has 1 N–H and O–H groups in total. The molecule has 1 heterocycles. The molecule has 2 rings (SSSR count). The maximum atomic E-state index is 13.1. The zero-order valence-electron chi connectivity index (χ0n) is 11.4. The van der Waals surface area contributed by atoms with E-state index in [-0.39, 0.29) is 5.82 Å². The van der Waals surface area contributed by atoms with Crippen LogP contribution in [0.5, 0.6) is 0 Å². The highest BCUT2D eigenvalue weighted by molar-refractivity contribution is 7.22. The lowest BCUT2D eigenvalue weighted by molar-refractivity contribution is 0.300. The molecule has 0 aliphatic rings. The largest absolute Gasteiger partial charge is 0.360 e. The molecular formula is C14H20FN3S. The van der Waals surface area contributed by atoms with Crippen LogP contribution in [0.15, 0.2) is 18.2 Å². The predicted molar refractivity (Wildman–Crippen MR) is 80.5 cm³/mol. The molecule has 0 unspecified atom stereocenters. The first-order valence-corrected chi connectivity index (χ1v) is 7.57. The standard InChI is InChI=1S/C14H20FN3S/c1-3-8-18(4-2)9-7-16-14-17-12-10-11(15)5-6-13(12)19-14/h5-6,10H,3-4,7-9H2,1-2H3,(H,16,17). The van der Waals surface area contributed by atoms with E-state index in [9.17, 15) is 4.39 Å². The molecule has 3 nitrogen and oxygen atoms in total. The quantitative estimate of drug-likeness (QED) is 0.841. The lowest BCUT2D eigenvalue weighted by atomic mass is 10.3. The van der Waals surface area contributed by atoms with Crippen LogP contribution in [-0.2, 0) is 0 Å². The molecule has 0 saturated heterocycles. The lowest BCUT2D eigenvalue weighted by Crippen LogP contribution is -2.29. The fourth-order valence-electron chi connectivity index (χ4n) is 2.04. The third kappa shape index (κ3) is 3.88. The first-order chi connectivity index (χ1) is 9.22. The third-order valence-electron chi connectivity index (χ3n) is 3.04. The summed E-state index contributed by atoms with van der Waals surface area (Å²) in [7, 11) is 0. The summed E-state index contributed by atoms with van der Waals surface area (Å²) < 4.78 is 14.1. The number of rotatable bonds is 7. The normalized spacial score (nSPS) is 11.4. The maximum absolute atomic E-state index is 13.1. The Labute approximate surface area is 117 Å². The van der Waals surface area contributed by atoms with Gasteiger partial charge in [0.15, 0.2) is 5.13 Å². The summed E-state index contributed by atoms with van der Waals surface area (Å²) >= 11 is 1.57. The second kappa shape index (κ2) is 6.82. The van der Waals surface area contributed by atoms with Gasteiger partial charge in [0.05, 0.1) is 10.2 Å². The van der Waals surface area contributed by atoms with Crippen molar-refractivity contribution in [2.45, 2.75) is 20.3 Å². The molecule has 0 atom stereocenters. The van der Waals surface area contributed by atoms with Gasteiger partial charge in [-0.2, -0.15) is 0 Å². The first kappa shape index (κ1) is 14.2. The van der Waals surface area contributed by atoms with Crippen molar-refractivity contribution in [2.24, 2.45) is 0 Å². The Balaban J connectivity index is 1.91. The van der Waals surface area contributed by atoms with Gasteiger partial charge in [-0.25, -0.2) is 9.37 Å². The molecule has 2 aromatic rings. The summed E-state index contributed by atoms with van der Waals surface area (Å²) in [5, 5.41) is 4.19. The molecule has 0 fully saturated rings. The number of nitrogens with zero attached hydrogens (tertiary/aromatic N) is 2. The summed E-state index contributed by atoms with van der Waals surface area (Å²) in [4.78, 5) is 6.79. The Morgan fingerprint density at radius 1 is 1.32 bits per heavy atom. The number of thiazole rings is 1. The Morgan fingerprint density at radius 3 is 2.89 bits per heavy atom. The van der Waals surface area contributed by atoms with E-state index in [1.54, 1.807) is 17.4 Å². The third-order valence-corrected chi connectivity index (χ3v) is 4.04. The Morgan fingerprint density at radius 2 is 2.16 bits per heavy atom. The second-order valence-electron chi connectivity index (χ2n) is 4.49. The van der Waals surface area contributed by atoms with Crippen molar-refractivity contribution in [3.63, 3.8) is 0 Å². The van der Waals surface area contributed by atoms with Gasteiger partial charge in [0.2, 0.25) is 0 Å². The van der Waals surface area contributed by atoms with Crippen molar-refractivity contribution in [1.29, 1.82) is 0 Å². The smallest absolute Gasteiger partial charge is 0.183 e. The minimum atomic E-state index is -0.232. The van der Waals surface area contributed by atoms with Crippen LogP contribution >= 0.6 is 11.3 Å². The van der Waals surface area contributed by atoms with E-state index in [2.05, 4.69) is 29.0 Å². The van der Waals surface area contributed by atoms with Gasteiger partial charge in [-0.3, -0.25) is 0 Å². The summed E-state index contributed by atoms with van der Waals surface area (Å²) in [5.41, 5.74) is 0.730. The van der Waals surface area contributed by atoms with Gasteiger partial charge in [-0.15, -0.1) is 0 Å². The van der Waals surface area contributed by atoms with Crippen LogP contribution in [0.3, 0.4) is 0 Å². The van der Waals surface area contributed by atoms with Crippen LogP contribution < -0.4 is 5.32 Å². The van der Waals surface area contributed by atoms with E-state index in [0.29, 0.717) is 0 Å². The molecule has 0 spiro atoms. The number of halogens is 1. The molecular weight excluding hydrogens is 261 g/mol. The predicted octanol–water partition coefficient (Wildman–Crippen LogP) is 3.58. The van der Waals surface area contributed by atoms with Crippen LogP contribution in [0.2, 0.25) is 0 Å². The molecule has 0 aliphatic carbocycles. The van der Waals surface area contributed by atoms with Crippen LogP contribution in [0.25, 0.3) is 10.2 Å². The van der Waals surface area contributed by atoms with Gasteiger partial charge in [-0.1, -0.05) is 25.2 Å². The molecule has 1 aromatic heterocycles. The molecule has 104 valence electrons. The van der Waals surface area contributed by atoms with E-state index < -0.39 is 0 Å². The molecule has 0 saturated carbocycles. The number of fused-ring (bicyclic) bond motifs is 1. The number of nitrogens with one attached hydrogen (secondary N) is 1. The highest BCUT2D eigenvalue weighted by Crippen LogP contribution is 2.26. The molecule has 1 aromatic carbocycles. The van der Waals surface area contributed by atoms with Crippen molar-refractivity contribution in [2.75, 3.05) is 31.5 Å². The number of benzene rings is 1. The van der Waals surface area contributed by atoms with Crippen LogP contribution in [0, 0.1) is 5.82 Å². The molecule has 5 heteroatoms. The monoisotopic (exact) mass is 281 g/mol. The SMILES string of the molecule is CCCN(CC)CCNc1nc2cc(F)ccc2s1. The van der Waals surface area contributed by atoms with Crippen LogP contribution in [0.1, 0.15) is 20.3 Å². The van der Waals surface area contributed by atoms with Gasteiger partial charge in [0.25, 0.3) is 0 Å². The molecule has 0 bridgehead atoms. The van der Waals surface area contributed by atoms with Crippen LogP contribution in [0.4, 0.5) is 9.52 Å². The Kier molecular flexibility index (Phi) is 5.10. The number of hydrogen-bond donors (Lipinski definition) is 1. The minimum Gasteiger partial charge on any atom is -0.360 e. The van der Waals surface area contributed by atoms with Crippen molar-refractivity contribution in [3.05, 3.63) is 24.0 Å². The fraction of sp³-hybridized carbons (Fsp3) is 0.500. The van der Waals surface area contributed by atoms with Crippen molar-refractivity contribution >= 4 is 26.7 Å². The lowest BCUT2D eigenvalue weighted by Gasteiger charge is -2.19. The van der Waals surface area contributed by atoms with Gasteiger partial charge < -0.3 is 10.2 Å². The highest BCUT2D eigenvalue weighted by Gasteiger charge is 2.05. The van der Waals surface area contributed by atoms with Crippen molar-refractivity contribution < 1.29 is 4.39 Å². The van der Waals surface area contributed by atoms with Gasteiger partial charge in [0.1, 0.15) is 5.82 Å². The molecule has 0 amide bonds. The molecule has 0 aliphatic heterocycles. The topological polar surface area (TPSA) is 28.2 Å². The zero-order chi connectivity index (χ0) is 13.7. The van der Waals surface area contributed by atoms with Crippen molar-refractivity contribution in [1.82, 2.24) is 9.88 Å². The number of likely N-dealkylation sites (N-methyl/N-ethyl adjacent to an activating group) is 1. The van der Waals surface area contributed by atoms with Gasteiger partial charge in [0, 0.05) is 19.2 Å². The van der Waals surface area contributed by atoms with E-state index >= 15 is 0 Å². The highest BCUT2D eigenvalue weighted by atomic mass is 32.1. The zero-order valence-corrected chi connectivity index (χ0v) is 12.3. The van der Waals surface area contributed by atoms with Gasteiger partial charge in [-0.05, 0) is 31.6 Å². The van der Waals surface area contributed by atoms with E-state index in [1.807, 2.05) is 0 Å². The number of anilines is 1. The maximum Gasteiger partial charge on any atom is 0.183 e. The van der Waals surface area contributed by atoms with E-state index in [1.165, 1.54) is 18.6 Å². The summed E-state index contributed by atoms with van der Waals surface area (Å²) in [6.45, 7) is 8.45. The second-order valence-corrected chi connectivity index (χ2v) is 5.52. The summed E-state index contributed by atoms with van der Waals surface area (Å²) in [6, 6.07) is 4.74. The van der Waals surface area contributed by atoms with E-state index in [0.717, 1.165) is 41.5 Å². The number of aromatic nitrogens is 1. The Bertz CT molecular complexity index is 526. The first-order valence-electron chi connectivity index (χ1n) is 6.75. The molecule has 19 heavy (non-hydrogen) atoms. The average Bonchev–Trinajstić information content (AvgIpc) is 2.79. The fourth-order valence-corrected chi connectivity index (χ4v) is 2.91. The van der Waals surface area contributed by atoms with Gasteiger partial charge >= 0.3 is 0 Å². The number of hydrogen-bond acceptors (Lipinski definition) is 4. The van der Waals surface area contributed by atoms with E-state index in [4.69, 9.17) is 0 Å². The average molecular weight is 281 g/mol. The summed E-state index contributed by atoms with van der Waals surface area (Å²) in [5.74, 6) is -0.232. The molecule has 0 radical (unpaired) electrons. The van der Waals surface area contributed by atoms with Crippen LogP contribution in [-0.4, -0.2) is 36.1 Å².